The molecule has 0 aromatic heterocycles. The quantitative estimate of drug-likeness (QED) is 0.766. The summed E-state index contributed by atoms with van der Waals surface area (Å²) in [6.07, 6.45) is 1.74. The van der Waals surface area contributed by atoms with Crippen LogP contribution >= 0.6 is 31.9 Å². The van der Waals surface area contributed by atoms with Crippen LogP contribution in [0.4, 0.5) is 0 Å². The highest BCUT2D eigenvalue weighted by atomic mass is 79.9. The maximum atomic E-state index is 11.8. The van der Waals surface area contributed by atoms with Crippen LogP contribution in [0.15, 0.2) is 27.1 Å². The van der Waals surface area contributed by atoms with E-state index < -0.39 is 10.0 Å². The Morgan fingerprint density at radius 3 is 2.48 bits per heavy atom. The van der Waals surface area contributed by atoms with Gasteiger partial charge in [-0.2, -0.15) is 0 Å². The van der Waals surface area contributed by atoms with Gasteiger partial charge in [-0.1, -0.05) is 6.07 Å². The fourth-order valence-corrected chi connectivity index (χ4v) is 4.24. The summed E-state index contributed by atoms with van der Waals surface area (Å²) in [5, 5.41) is 3.52. The van der Waals surface area contributed by atoms with Crippen molar-refractivity contribution in [2.45, 2.75) is 32.4 Å². The third kappa shape index (κ3) is 4.76. The van der Waals surface area contributed by atoms with Gasteiger partial charge >= 0.3 is 0 Å². The number of sulfonamides is 1. The van der Waals surface area contributed by atoms with Crippen molar-refractivity contribution in [1.82, 2.24) is 9.62 Å². The average molecular weight is 440 g/mol. The summed E-state index contributed by atoms with van der Waals surface area (Å²) < 4.78 is 27.3. The highest BCUT2D eigenvalue weighted by Crippen LogP contribution is 2.24. The Bertz CT molecular complexity index is 585. The molecule has 2 rings (SSSR count). The third-order valence-electron chi connectivity index (χ3n) is 3.79. The van der Waals surface area contributed by atoms with E-state index in [1.54, 1.807) is 11.2 Å². The number of hydrogen-bond donors (Lipinski definition) is 1. The summed E-state index contributed by atoms with van der Waals surface area (Å²) in [6, 6.07) is 6.58. The van der Waals surface area contributed by atoms with Gasteiger partial charge in [-0.15, -0.1) is 0 Å². The monoisotopic (exact) mass is 438 g/mol. The van der Waals surface area contributed by atoms with Crippen LogP contribution in [-0.4, -0.2) is 37.6 Å². The lowest BCUT2D eigenvalue weighted by molar-refractivity contribution is 0.289. The van der Waals surface area contributed by atoms with E-state index in [9.17, 15) is 8.42 Å². The van der Waals surface area contributed by atoms with Gasteiger partial charge < -0.3 is 5.32 Å². The number of hydrogen-bond acceptors (Lipinski definition) is 3. The molecule has 1 saturated heterocycles. The van der Waals surface area contributed by atoms with Gasteiger partial charge in [0.1, 0.15) is 0 Å². The van der Waals surface area contributed by atoms with E-state index in [0.717, 1.165) is 28.3 Å². The van der Waals surface area contributed by atoms with Gasteiger partial charge in [0.05, 0.1) is 5.75 Å². The Morgan fingerprint density at radius 1 is 1.24 bits per heavy atom. The van der Waals surface area contributed by atoms with E-state index in [4.69, 9.17) is 0 Å². The first-order chi connectivity index (χ1) is 9.92. The van der Waals surface area contributed by atoms with Crippen molar-refractivity contribution in [2.75, 3.05) is 18.8 Å². The van der Waals surface area contributed by atoms with Crippen LogP contribution in [0.5, 0.6) is 0 Å². The van der Waals surface area contributed by atoms with Crippen LogP contribution in [0, 0.1) is 0 Å². The Morgan fingerprint density at radius 2 is 1.90 bits per heavy atom. The summed E-state index contributed by atoms with van der Waals surface area (Å²) in [5.41, 5.74) is 1.22. The van der Waals surface area contributed by atoms with E-state index in [-0.39, 0.29) is 5.75 Å². The molecular formula is C14H20Br2N2O2S. The number of benzene rings is 1. The minimum Gasteiger partial charge on any atom is -0.310 e. The lowest BCUT2D eigenvalue weighted by Gasteiger charge is -2.31. The second-order valence-corrected chi connectivity index (χ2v) is 9.17. The van der Waals surface area contributed by atoms with Gasteiger partial charge in [-0.05, 0) is 69.3 Å². The van der Waals surface area contributed by atoms with Crippen LogP contribution in [0.1, 0.15) is 25.3 Å². The van der Waals surface area contributed by atoms with Gasteiger partial charge in [0.2, 0.25) is 10.0 Å². The highest BCUT2D eigenvalue weighted by molar-refractivity contribution is 9.13. The maximum absolute atomic E-state index is 11.8. The number of halogens is 2. The van der Waals surface area contributed by atoms with Crippen molar-refractivity contribution in [1.29, 1.82) is 0 Å². The van der Waals surface area contributed by atoms with Crippen molar-refractivity contribution < 1.29 is 8.42 Å². The molecule has 1 aliphatic rings. The number of piperidine rings is 1. The molecule has 0 radical (unpaired) electrons. The molecule has 1 aromatic rings. The van der Waals surface area contributed by atoms with Crippen molar-refractivity contribution in [3.8, 4) is 0 Å². The predicted octanol–water partition coefficient (Wildman–Crippen LogP) is 3.12. The number of rotatable bonds is 5. The molecule has 0 aliphatic carbocycles. The molecule has 0 unspecified atom stereocenters. The molecule has 21 heavy (non-hydrogen) atoms. The van der Waals surface area contributed by atoms with E-state index in [2.05, 4.69) is 49.3 Å². The zero-order chi connectivity index (χ0) is 15.5. The molecule has 0 spiro atoms. The standard InChI is InChI=1S/C14H20Br2N2O2S/c1-2-21(19,20)18-7-5-12(6-8-18)17-10-11-3-4-13(15)14(16)9-11/h3-4,9,12,17H,2,5-8,10H2,1H3. The summed E-state index contributed by atoms with van der Waals surface area (Å²) in [5.74, 6) is 0.192. The van der Waals surface area contributed by atoms with Crippen LogP contribution in [-0.2, 0) is 16.6 Å². The molecule has 1 heterocycles. The Balaban J connectivity index is 1.82. The fourth-order valence-electron chi connectivity index (χ4n) is 2.43. The van der Waals surface area contributed by atoms with Crippen molar-refractivity contribution in [3.05, 3.63) is 32.7 Å². The van der Waals surface area contributed by atoms with E-state index in [1.165, 1.54) is 5.56 Å². The molecular weight excluding hydrogens is 420 g/mol. The average Bonchev–Trinajstić information content (AvgIpc) is 2.49. The molecule has 7 heteroatoms. The minimum absolute atomic E-state index is 0.192. The maximum Gasteiger partial charge on any atom is 0.213 e. The zero-order valence-corrected chi connectivity index (χ0v) is 16.0. The number of nitrogens with one attached hydrogen (secondary N) is 1. The molecule has 4 nitrogen and oxygen atoms in total. The van der Waals surface area contributed by atoms with E-state index in [0.29, 0.717) is 19.1 Å². The van der Waals surface area contributed by atoms with Crippen LogP contribution < -0.4 is 5.32 Å². The first-order valence-corrected chi connectivity index (χ1v) is 10.3. The van der Waals surface area contributed by atoms with Crippen LogP contribution in [0.3, 0.4) is 0 Å². The van der Waals surface area contributed by atoms with E-state index in [1.807, 2.05) is 6.07 Å². The van der Waals surface area contributed by atoms with E-state index >= 15 is 0 Å². The molecule has 1 N–H and O–H groups in total. The Labute approximate surface area is 143 Å². The third-order valence-corrected chi connectivity index (χ3v) is 7.55. The second-order valence-electron chi connectivity index (χ2n) is 5.20. The molecule has 1 aromatic carbocycles. The first-order valence-electron chi connectivity index (χ1n) is 7.07. The Hall–Kier alpha value is 0.0500. The largest absolute Gasteiger partial charge is 0.310 e. The van der Waals surface area contributed by atoms with Crippen molar-refractivity contribution in [3.63, 3.8) is 0 Å². The zero-order valence-electron chi connectivity index (χ0n) is 12.0. The topological polar surface area (TPSA) is 49.4 Å². The van der Waals surface area contributed by atoms with Gasteiger partial charge in [0.25, 0.3) is 0 Å². The smallest absolute Gasteiger partial charge is 0.213 e. The first kappa shape index (κ1) is 17.4. The summed E-state index contributed by atoms with van der Waals surface area (Å²) in [4.78, 5) is 0. The minimum atomic E-state index is -3.03. The molecule has 0 atom stereocenters. The normalized spacial score (nSPS) is 18.0. The van der Waals surface area contributed by atoms with Crippen molar-refractivity contribution in [2.24, 2.45) is 0 Å². The molecule has 0 amide bonds. The summed E-state index contributed by atoms with van der Waals surface area (Å²) in [7, 11) is -3.03. The van der Waals surface area contributed by atoms with Gasteiger partial charge in [0.15, 0.2) is 0 Å². The highest BCUT2D eigenvalue weighted by Gasteiger charge is 2.26. The fraction of sp³-hybridized carbons (Fsp3) is 0.571. The number of nitrogens with zero attached hydrogens (tertiary/aromatic N) is 1. The molecule has 0 bridgehead atoms. The lowest BCUT2D eigenvalue weighted by atomic mass is 10.1. The van der Waals surface area contributed by atoms with Crippen LogP contribution in [0.25, 0.3) is 0 Å². The van der Waals surface area contributed by atoms with Crippen LogP contribution in [0.2, 0.25) is 0 Å². The summed E-state index contributed by atoms with van der Waals surface area (Å²) in [6.45, 7) is 3.75. The molecule has 0 saturated carbocycles. The van der Waals surface area contributed by atoms with Crippen molar-refractivity contribution >= 4 is 41.9 Å². The Kier molecular flexibility index (Phi) is 6.25. The summed E-state index contributed by atoms with van der Waals surface area (Å²) >= 11 is 6.96. The van der Waals surface area contributed by atoms with Gasteiger partial charge in [-0.25, -0.2) is 12.7 Å². The lowest BCUT2D eigenvalue weighted by Crippen LogP contribution is -2.45. The molecule has 1 fully saturated rings. The second kappa shape index (κ2) is 7.55. The van der Waals surface area contributed by atoms with Gasteiger partial charge in [0, 0.05) is 34.6 Å². The molecule has 1 aliphatic heterocycles. The molecule has 118 valence electrons. The van der Waals surface area contributed by atoms with Gasteiger partial charge in [-0.3, -0.25) is 0 Å². The SMILES string of the molecule is CCS(=O)(=O)N1CCC(NCc2ccc(Br)c(Br)c2)CC1. The predicted molar refractivity (Wildman–Crippen MR) is 92.7 cm³/mol.